The fraction of sp³-hybridized carbons (Fsp3) is 0.650. The van der Waals surface area contributed by atoms with Crippen molar-refractivity contribution in [3.8, 4) is 5.75 Å². The van der Waals surface area contributed by atoms with E-state index in [1.807, 2.05) is 36.1 Å². The Kier molecular flexibility index (Phi) is 5.35. The minimum absolute atomic E-state index is 0.143. The number of rotatable bonds is 4. The Morgan fingerprint density at radius 1 is 1.32 bits per heavy atom. The molecule has 0 bridgehead atoms. The van der Waals surface area contributed by atoms with E-state index < -0.39 is 5.60 Å². The highest BCUT2D eigenvalue weighted by Gasteiger charge is 2.46. The summed E-state index contributed by atoms with van der Waals surface area (Å²) < 4.78 is 11.3. The Hall–Kier alpha value is -1.59. The number of benzene rings is 1. The van der Waals surface area contributed by atoms with E-state index in [1.54, 1.807) is 7.11 Å². The molecule has 2 saturated heterocycles. The van der Waals surface area contributed by atoms with Crippen LogP contribution in [0.1, 0.15) is 44.6 Å². The van der Waals surface area contributed by atoms with E-state index in [2.05, 4.69) is 0 Å². The summed E-state index contributed by atoms with van der Waals surface area (Å²) in [4.78, 5) is 14.5. The van der Waals surface area contributed by atoms with Crippen LogP contribution in [-0.4, -0.2) is 53.9 Å². The number of methoxy groups -OCH3 is 1. The second kappa shape index (κ2) is 7.34. The van der Waals surface area contributed by atoms with Gasteiger partial charge in [-0.1, -0.05) is 19.1 Å². The number of piperidine rings is 1. The lowest BCUT2D eigenvalue weighted by Crippen LogP contribution is -2.55. The number of carbonyl (C=O) groups is 1. The zero-order valence-electron chi connectivity index (χ0n) is 15.3. The van der Waals surface area contributed by atoms with Crippen molar-refractivity contribution in [2.75, 3.05) is 26.8 Å². The molecule has 5 heteroatoms. The molecule has 1 N–H and O–H groups in total. The van der Waals surface area contributed by atoms with E-state index >= 15 is 0 Å². The molecule has 1 amide bonds. The average Bonchev–Trinajstić information content (AvgIpc) is 2.62. The molecule has 2 aliphatic rings. The van der Waals surface area contributed by atoms with Gasteiger partial charge in [-0.2, -0.15) is 0 Å². The van der Waals surface area contributed by atoms with E-state index in [0.717, 1.165) is 30.6 Å². The molecule has 0 aromatic heterocycles. The van der Waals surface area contributed by atoms with Crippen LogP contribution in [0, 0.1) is 0 Å². The summed E-state index contributed by atoms with van der Waals surface area (Å²) in [6, 6.07) is 7.66. The molecule has 5 nitrogen and oxygen atoms in total. The van der Waals surface area contributed by atoms with Crippen molar-refractivity contribution in [3.63, 3.8) is 0 Å². The molecule has 1 atom stereocenters. The lowest BCUT2D eigenvalue weighted by Gasteiger charge is -2.49. The number of carbonyl (C=O) groups excluding carboxylic acids is 1. The van der Waals surface area contributed by atoms with E-state index in [1.165, 1.54) is 0 Å². The molecule has 0 saturated carbocycles. The fourth-order valence-corrected chi connectivity index (χ4v) is 4.05. The maximum Gasteiger partial charge on any atom is 0.226 e. The Morgan fingerprint density at radius 2 is 2.08 bits per heavy atom. The highest BCUT2D eigenvalue weighted by molar-refractivity contribution is 5.79. The SMILES string of the molecule is CCC1(O)CCOC2(CCN(C(=O)Cc3cccc(OC)c3)CC2)C1. The second-order valence-electron chi connectivity index (χ2n) is 7.45. The van der Waals surface area contributed by atoms with Crippen molar-refractivity contribution in [1.29, 1.82) is 0 Å². The lowest BCUT2D eigenvalue weighted by atomic mass is 9.76. The normalized spacial score (nSPS) is 25.8. The average molecular weight is 347 g/mol. The quantitative estimate of drug-likeness (QED) is 0.909. The van der Waals surface area contributed by atoms with Crippen molar-refractivity contribution >= 4 is 5.91 Å². The first-order valence-corrected chi connectivity index (χ1v) is 9.25. The highest BCUT2D eigenvalue weighted by atomic mass is 16.5. The Balaban J connectivity index is 1.57. The second-order valence-corrected chi connectivity index (χ2v) is 7.45. The molecule has 25 heavy (non-hydrogen) atoms. The zero-order valence-corrected chi connectivity index (χ0v) is 15.3. The minimum atomic E-state index is -0.606. The van der Waals surface area contributed by atoms with Gasteiger partial charge < -0.3 is 19.5 Å². The van der Waals surface area contributed by atoms with Gasteiger partial charge in [-0.3, -0.25) is 4.79 Å². The van der Waals surface area contributed by atoms with Crippen molar-refractivity contribution < 1.29 is 19.4 Å². The molecule has 3 rings (SSSR count). The van der Waals surface area contributed by atoms with Crippen molar-refractivity contribution in [1.82, 2.24) is 4.90 Å². The molecule has 1 spiro atoms. The van der Waals surface area contributed by atoms with Crippen molar-refractivity contribution in [2.45, 2.75) is 56.7 Å². The Labute approximate surface area is 149 Å². The first kappa shape index (κ1) is 18.2. The number of amides is 1. The fourth-order valence-electron chi connectivity index (χ4n) is 4.05. The van der Waals surface area contributed by atoms with Gasteiger partial charge in [-0.15, -0.1) is 0 Å². The van der Waals surface area contributed by atoms with Gasteiger partial charge in [-0.05, 0) is 43.4 Å². The number of hydrogen-bond acceptors (Lipinski definition) is 4. The predicted molar refractivity (Wildman–Crippen MR) is 95.7 cm³/mol. The molecule has 2 heterocycles. The smallest absolute Gasteiger partial charge is 0.226 e. The summed E-state index contributed by atoms with van der Waals surface area (Å²) in [6.45, 7) is 4.04. The van der Waals surface area contributed by atoms with Crippen LogP contribution < -0.4 is 4.74 Å². The number of likely N-dealkylation sites (tertiary alicyclic amines) is 1. The number of aliphatic hydroxyl groups is 1. The van der Waals surface area contributed by atoms with E-state index in [-0.39, 0.29) is 11.5 Å². The molecule has 1 aromatic carbocycles. The molecule has 2 aliphatic heterocycles. The lowest BCUT2D eigenvalue weighted by molar-refractivity contribution is -0.181. The topological polar surface area (TPSA) is 59.0 Å². The third kappa shape index (κ3) is 4.15. The van der Waals surface area contributed by atoms with Gasteiger partial charge in [0.25, 0.3) is 0 Å². The summed E-state index contributed by atoms with van der Waals surface area (Å²) >= 11 is 0. The van der Waals surface area contributed by atoms with Gasteiger partial charge in [0.1, 0.15) is 5.75 Å². The van der Waals surface area contributed by atoms with E-state index in [4.69, 9.17) is 9.47 Å². The summed E-state index contributed by atoms with van der Waals surface area (Å²) in [7, 11) is 1.63. The third-order valence-corrected chi connectivity index (χ3v) is 5.80. The largest absolute Gasteiger partial charge is 0.497 e. The first-order valence-electron chi connectivity index (χ1n) is 9.25. The minimum Gasteiger partial charge on any atom is -0.497 e. The van der Waals surface area contributed by atoms with Gasteiger partial charge in [-0.25, -0.2) is 0 Å². The third-order valence-electron chi connectivity index (χ3n) is 5.80. The maximum absolute atomic E-state index is 12.6. The molecular weight excluding hydrogens is 318 g/mol. The van der Waals surface area contributed by atoms with Crippen LogP contribution >= 0.6 is 0 Å². The number of hydrogen-bond donors (Lipinski definition) is 1. The van der Waals surface area contributed by atoms with Gasteiger partial charge in [0, 0.05) is 19.5 Å². The van der Waals surface area contributed by atoms with Gasteiger partial charge >= 0.3 is 0 Å². The van der Waals surface area contributed by atoms with Crippen LogP contribution in [-0.2, 0) is 16.0 Å². The summed E-state index contributed by atoms with van der Waals surface area (Å²) in [5, 5.41) is 10.6. The molecule has 0 radical (unpaired) electrons. The monoisotopic (exact) mass is 347 g/mol. The van der Waals surface area contributed by atoms with Crippen LogP contribution in [0.4, 0.5) is 0 Å². The predicted octanol–water partition coefficient (Wildman–Crippen LogP) is 2.55. The van der Waals surface area contributed by atoms with E-state index in [0.29, 0.717) is 39.0 Å². The Morgan fingerprint density at radius 3 is 2.76 bits per heavy atom. The van der Waals surface area contributed by atoms with Gasteiger partial charge in [0.15, 0.2) is 0 Å². The maximum atomic E-state index is 12.6. The van der Waals surface area contributed by atoms with E-state index in [9.17, 15) is 9.90 Å². The van der Waals surface area contributed by atoms with Crippen molar-refractivity contribution in [2.24, 2.45) is 0 Å². The highest BCUT2D eigenvalue weighted by Crippen LogP contribution is 2.40. The van der Waals surface area contributed by atoms with Crippen LogP contribution in [0.5, 0.6) is 5.75 Å². The number of ether oxygens (including phenoxy) is 2. The molecular formula is C20H29NO4. The number of nitrogens with zero attached hydrogens (tertiary/aromatic N) is 1. The summed E-state index contributed by atoms with van der Waals surface area (Å²) in [5.41, 5.74) is 0.111. The van der Waals surface area contributed by atoms with Crippen molar-refractivity contribution in [3.05, 3.63) is 29.8 Å². The molecule has 2 fully saturated rings. The summed E-state index contributed by atoms with van der Waals surface area (Å²) in [6.07, 6.45) is 4.16. The van der Waals surface area contributed by atoms with Gasteiger partial charge in [0.2, 0.25) is 5.91 Å². The first-order chi connectivity index (χ1) is 12.0. The molecule has 138 valence electrons. The van der Waals surface area contributed by atoms with Crippen LogP contribution in [0.2, 0.25) is 0 Å². The zero-order chi connectivity index (χ0) is 17.9. The van der Waals surface area contributed by atoms with Gasteiger partial charge in [0.05, 0.1) is 31.3 Å². The van der Waals surface area contributed by atoms with Crippen LogP contribution in [0.25, 0.3) is 0 Å². The molecule has 1 unspecified atom stereocenters. The standard InChI is InChI=1S/C20H29NO4/c1-3-19(23)9-12-25-20(15-19)7-10-21(11-8-20)18(22)14-16-5-4-6-17(13-16)24-2/h4-6,13,23H,3,7-12,14-15H2,1-2H3. The van der Waals surface area contributed by atoms with Crippen LogP contribution in [0.15, 0.2) is 24.3 Å². The Bertz CT molecular complexity index is 609. The summed E-state index contributed by atoms with van der Waals surface area (Å²) in [5.74, 6) is 0.919. The molecule has 0 aliphatic carbocycles. The van der Waals surface area contributed by atoms with Crippen LogP contribution in [0.3, 0.4) is 0 Å². The molecule has 1 aromatic rings.